The Morgan fingerprint density at radius 2 is 2.24 bits per heavy atom. The normalized spacial score (nSPS) is 10.0. The number of rotatable bonds is 3. The number of nitrogens with zero attached hydrogens (tertiary/aromatic N) is 1. The molecule has 0 aliphatic rings. The van der Waals surface area contributed by atoms with E-state index in [0.29, 0.717) is 16.5 Å². The Kier molecular flexibility index (Phi) is 4.98. The molecule has 0 amide bonds. The van der Waals surface area contributed by atoms with Crippen molar-refractivity contribution in [3.05, 3.63) is 51.6 Å². The van der Waals surface area contributed by atoms with Crippen molar-refractivity contribution in [2.45, 2.75) is 10.9 Å². The van der Waals surface area contributed by atoms with Gasteiger partial charge in [-0.05, 0) is 17.7 Å². The van der Waals surface area contributed by atoms with E-state index in [0.717, 1.165) is 5.56 Å². The molecule has 1 aromatic carbocycles. The van der Waals surface area contributed by atoms with Crippen molar-refractivity contribution in [1.29, 1.82) is 0 Å². The molecule has 2 rings (SSSR count). The smallest absolute Gasteiger partial charge is 0.253 e. The second-order valence-corrected chi connectivity index (χ2v) is 4.99. The van der Waals surface area contributed by atoms with Crippen molar-refractivity contribution in [3.8, 4) is 11.8 Å². The zero-order valence-corrected chi connectivity index (χ0v) is 11.7. The second kappa shape index (κ2) is 6.92. The molecule has 0 spiro atoms. The van der Waals surface area contributed by atoms with E-state index in [1.165, 1.54) is 30.0 Å². The number of thioether (sulfide) groups is 1. The predicted molar refractivity (Wildman–Crippen MR) is 79.2 cm³/mol. The van der Waals surface area contributed by atoms with Gasteiger partial charge in [0.25, 0.3) is 5.56 Å². The van der Waals surface area contributed by atoms with Gasteiger partial charge in [-0.2, -0.15) is 0 Å². The molecule has 0 aliphatic carbocycles. The first-order valence-electron chi connectivity index (χ1n) is 5.96. The molecule has 1 aromatic heterocycles. The van der Waals surface area contributed by atoms with Crippen molar-refractivity contribution in [2.75, 3.05) is 12.3 Å². The van der Waals surface area contributed by atoms with Gasteiger partial charge in [0.2, 0.25) is 0 Å². The van der Waals surface area contributed by atoms with Crippen LogP contribution in [0.4, 0.5) is 10.2 Å². The fourth-order valence-corrected chi connectivity index (χ4v) is 2.48. The first-order chi connectivity index (χ1) is 10.1. The molecule has 0 unspecified atom stereocenters. The van der Waals surface area contributed by atoms with Crippen LogP contribution in [0.3, 0.4) is 0 Å². The summed E-state index contributed by atoms with van der Waals surface area (Å²) in [7, 11) is 0. The number of hydrogen-bond acceptors (Lipinski definition) is 5. The van der Waals surface area contributed by atoms with Gasteiger partial charge in [-0.25, -0.2) is 9.37 Å². The van der Waals surface area contributed by atoms with Crippen molar-refractivity contribution >= 4 is 17.6 Å². The van der Waals surface area contributed by atoms with Crippen LogP contribution in [0.15, 0.2) is 34.2 Å². The first-order valence-corrected chi connectivity index (χ1v) is 6.95. The molecule has 4 N–H and O–H groups in total. The summed E-state index contributed by atoms with van der Waals surface area (Å²) < 4.78 is 13.2. The number of aliphatic hydroxyl groups is 1. The first kappa shape index (κ1) is 15.1. The van der Waals surface area contributed by atoms with Gasteiger partial charge in [-0.3, -0.25) is 4.79 Å². The van der Waals surface area contributed by atoms with Crippen molar-refractivity contribution in [1.82, 2.24) is 9.97 Å². The molecular formula is C14H12FN3O2S. The standard InChI is InChI=1S/C14H12FN3O2S/c15-11-4-3-10(9(6-11)2-1-5-19)8-21-14-17-12(16)7-13(20)18-14/h3-4,6-7,19H,5,8H2,(H3,16,17,18,20). The minimum Gasteiger partial charge on any atom is -0.384 e. The highest BCUT2D eigenvalue weighted by atomic mass is 32.2. The fourth-order valence-electron chi connectivity index (χ4n) is 1.59. The maximum Gasteiger partial charge on any atom is 0.253 e. The largest absolute Gasteiger partial charge is 0.384 e. The number of aliphatic hydroxyl groups excluding tert-OH is 1. The summed E-state index contributed by atoms with van der Waals surface area (Å²) in [6.45, 7) is -0.298. The topological polar surface area (TPSA) is 92.0 Å². The summed E-state index contributed by atoms with van der Waals surface area (Å²) >= 11 is 1.26. The van der Waals surface area contributed by atoms with Gasteiger partial charge < -0.3 is 15.8 Å². The quantitative estimate of drug-likeness (QED) is 0.449. The van der Waals surface area contributed by atoms with Crippen LogP contribution in [-0.4, -0.2) is 21.7 Å². The maximum absolute atomic E-state index is 13.2. The average molecular weight is 305 g/mol. The van der Waals surface area contributed by atoms with Gasteiger partial charge in [0, 0.05) is 17.4 Å². The highest BCUT2D eigenvalue weighted by Crippen LogP contribution is 2.21. The lowest BCUT2D eigenvalue weighted by molar-refractivity contribution is 0.350. The van der Waals surface area contributed by atoms with Crippen molar-refractivity contribution in [2.24, 2.45) is 0 Å². The molecule has 0 fully saturated rings. The fraction of sp³-hybridized carbons (Fsp3) is 0.143. The molecule has 5 nitrogen and oxygen atoms in total. The number of benzene rings is 1. The van der Waals surface area contributed by atoms with Gasteiger partial charge in [0.15, 0.2) is 5.16 Å². The summed E-state index contributed by atoms with van der Waals surface area (Å²) in [5, 5.41) is 9.10. The minimum atomic E-state index is -0.401. The third-order valence-corrected chi connectivity index (χ3v) is 3.40. The van der Waals surface area contributed by atoms with Crippen LogP contribution in [0.1, 0.15) is 11.1 Å². The lowest BCUT2D eigenvalue weighted by Crippen LogP contribution is -2.09. The molecule has 2 aromatic rings. The summed E-state index contributed by atoms with van der Waals surface area (Å²) in [5.74, 6) is 5.35. The zero-order chi connectivity index (χ0) is 15.2. The molecule has 7 heteroatoms. The van der Waals surface area contributed by atoms with E-state index in [4.69, 9.17) is 10.8 Å². The Morgan fingerprint density at radius 3 is 2.95 bits per heavy atom. The monoisotopic (exact) mass is 305 g/mol. The van der Waals surface area contributed by atoms with Crippen LogP contribution in [0.25, 0.3) is 0 Å². The molecule has 0 atom stereocenters. The predicted octanol–water partition coefficient (Wildman–Crippen LogP) is 1.13. The number of nitrogen functional groups attached to an aromatic ring is 1. The van der Waals surface area contributed by atoms with E-state index in [9.17, 15) is 9.18 Å². The van der Waals surface area contributed by atoms with Crippen LogP contribution in [0, 0.1) is 17.7 Å². The van der Waals surface area contributed by atoms with Crippen LogP contribution < -0.4 is 11.3 Å². The Hall–Kier alpha value is -2.30. The Morgan fingerprint density at radius 1 is 1.43 bits per heavy atom. The van der Waals surface area contributed by atoms with Crippen molar-refractivity contribution < 1.29 is 9.50 Å². The van der Waals surface area contributed by atoms with E-state index in [1.807, 2.05) is 0 Å². The third-order valence-electron chi connectivity index (χ3n) is 2.48. The molecule has 1 heterocycles. The van der Waals surface area contributed by atoms with Gasteiger partial charge in [0.1, 0.15) is 18.2 Å². The number of anilines is 1. The van der Waals surface area contributed by atoms with Gasteiger partial charge >= 0.3 is 0 Å². The Bertz CT molecular complexity index is 765. The van der Waals surface area contributed by atoms with Crippen LogP contribution in [0.5, 0.6) is 0 Å². The Labute approximate surface area is 124 Å². The molecule has 0 aliphatic heterocycles. The summed E-state index contributed by atoms with van der Waals surface area (Å²) in [6.07, 6.45) is 0. The summed E-state index contributed by atoms with van der Waals surface area (Å²) in [6, 6.07) is 5.43. The van der Waals surface area contributed by atoms with Crippen molar-refractivity contribution in [3.63, 3.8) is 0 Å². The number of halogens is 1. The van der Waals surface area contributed by atoms with E-state index in [1.54, 1.807) is 6.07 Å². The second-order valence-electron chi connectivity index (χ2n) is 4.03. The van der Waals surface area contributed by atoms with E-state index < -0.39 is 5.82 Å². The number of hydrogen-bond donors (Lipinski definition) is 3. The van der Waals surface area contributed by atoms with Crippen LogP contribution >= 0.6 is 11.8 Å². The molecule has 0 radical (unpaired) electrons. The third kappa shape index (κ3) is 4.34. The van der Waals surface area contributed by atoms with E-state index >= 15 is 0 Å². The molecule has 0 saturated heterocycles. The molecule has 0 saturated carbocycles. The molecule has 21 heavy (non-hydrogen) atoms. The summed E-state index contributed by atoms with van der Waals surface area (Å²) in [5.41, 5.74) is 6.43. The minimum absolute atomic E-state index is 0.139. The summed E-state index contributed by atoms with van der Waals surface area (Å²) in [4.78, 5) is 17.8. The van der Waals surface area contributed by atoms with Gasteiger partial charge in [0.05, 0.1) is 0 Å². The Balaban J connectivity index is 2.21. The van der Waals surface area contributed by atoms with E-state index in [2.05, 4.69) is 21.8 Å². The molecular weight excluding hydrogens is 293 g/mol. The number of H-pyrrole nitrogens is 1. The van der Waals surface area contributed by atoms with Gasteiger partial charge in [-0.15, -0.1) is 0 Å². The maximum atomic E-state index is 13.2. The number of nitrogens with one attached hydrogen (secondary N) is 1. The zero-order valence-electron chi connectivity index (χ0n) is 10.9. The lowest BCUT2D eigenvalue weighted by atomic mass is 10.1. The SMILES string of the molecule is Nc1cc(=O)[nH]c(SCc2ccc(F)cc2C#CCO)n1. The van der Waals surface area contributed by atoms with Gasteiger partial charge in [-0.1, -0.05) is 29.7 Å². The van der Waals surface area contributed by atoms with Crippen LogP contribution in [0.2, 0.25) is 0 Å². The highest BCUT2D eigenvalue weighted by molar-refractivity contribution is 7.98. The molecule has 0 bridgehead atoms. The highest BCUT2D eigenvalue weighted by Gasteiger charge is 2.05. The molecule has 108 valence electrons. The lowest BCUT2D eigenvalue weighted by Gasteiger charge is -2.05. The van der Waals surface area contributed by atoms with E-state index in [-0.39, 0.29) is 18.0 Å². The number of nitrogens with two attached hydrogens (primary N) is 1. The average Bonchev–Trinajstić information content (AvgIpc) is 2.43. The van der Waals surface area contributed by atoms with Crippen LogP contribution in [-0.2, 0) is 5.75 Å². The number of aromatic nitrogens is 2. The number of aromatic amines is 1.